The molecule has 1 aromatic rings. The lowest BCUT2D eigenvalue weighted by Gasteiger charge is -1.91. The summed E-state index contributed by atoms with van der Waals surface area (Å²) in [6.45, 7) is 0. The van der Waals surface area contributed by atoms with E-state index in [9.17, 15) is 13.2 Å². The van der Waals surface area contributed by atoms with Gasteiger partial charge in [-0.3, -0.25) is 4.79 Å². The van der Waals surface area contributed by atoms with Gasteiger partial charge in [-0.2, -0.15) is 0 Å². The SMILES string of the molecule is CS(=O)(=O)c1ncc(CCC(N)=O)o1. The lowest BCUT2D eigenvalue weighted by atomic mass is 10.2. The maximum Gasteiger partial charge on any atom is 0.314 e. The van der Waals surface area contributed by atoms with Crippen LogP contribution in [0.15, 0.2) is 15.8 Å². The number of nitrogens with zero attached hydrogens (tertiary/aromatic N) is 1. The normalized spacial score (nSPS) is 11.5. The summed E-state index contributed by atoms with van der Waals surface area (Å²) in [6, 6.07) is 0. The molecule has 0 saturated heterocycles. The van der Waals surface area contributed by atoms with Crippen molar-refractivity contribution < 1.29 is 17.6 Å². The van der Waals surface area contributed by atoms with E-state index >= 15 is 0 Å². The van der Waals surface area contributed by atoms with Gasteiger partial charge in [0.25, 0.3) is 0 Å². The monoisotopic (exact) mass is 218 g/mol. The summed E-state index contributed by atoms with van der Waals surface area (Å²) in [5.74, 6) is -0.133. The van der Waals surface area contributed by atoms with Crippen LogP contribution in [0.4, 0.5) is 0 Å². The number of sulfone groups is 1. The summed E-state index contributed by atoms with van der Waals surface area (Å²) < 4.78 is 26.8. The van der Waals surface area contributed by atoms with Crippen molar-refractivity contribution in [2.45, 2.75) is 18.1 Å². The van der Waals surface area contributed by atoms with E-state index in [1.165, 1.54) is 6.20 Å². The third-order valence-electron chi connectivity index (χ3n) is 1.47. The van der Waals surface area contributed by atoms with E-state index in [1.54, 1.807) is 0 Å². The molecule has 0 bridgehead atoms. The second kappa shape index (κ2) is 3.79. The lowest BCUT2D eigenvalue weighted by Crippen LogP contribution is -2.10. The summed E-state index contributed by atoms with van der Waals surface area (Å²) in [7, 11) is -3.41. The first-order chi connectivity index (χ1) is 6.39. The van der Waals surface area contributed by atoms with Gasteiger partial charge >= 0.3 is 5.22 Å². The minimum atomic E-state index is -3.41. The first-order valence-electron chi connectivity index (χ1n) is 3.82. The zero-order chi connectivity index (χ0) is 10.8. The Bertz CT molecular complexity index is 434. The van der Waals surface area contributed by atoms with Crippen LogP contribution in [0.5, 0.6) is 0 Å². The molecule has 0 aliphatic carbocycles. The van der Waals surface area contributed by atoms with Gasteiger partial charge in [-0.05, 0) is 0 Å². The number of amides is 1. The quantitative estimate of drug-likeness (QED) is 0.733. The van der Waals surface area contributed by atoms with Crippen LogP contribution in [0.2, 0.25) is 0 Å². The minimum Gasteiger partial charge on any atom is -0.433 e. The highest BCUT2D eigenvalue weighted by atomic mass is 32.2. The molecule has 0 aliphatic heterocycles. The number of aromatic nitrogens is 1. The van der Waals surface area contributed by atoms with Crippen molar-refractivity contribution in [3.63, 3.8) is 0 Å². The number of hydrogen-bond acceptors (Lipinski definition) is 5. The van der Waals surface area contributed by atoms with Crippen molar-refractivity contribution in [1.82, 2.24) is 4.98 Å². The highest BCUT2D eigenvalue weighted by molar-refractivity contribution is 7.90. The molecule has 0 aliphatic rings. The zero-order valence-corrected chi connectivity index (χ0v) is 8.37. The molecule has 1 aromatic heterocycles. The number of primary amides is 1. The van der Waals surface area contributed by atoms with Gasteiger partial charge in [-0.1, -0.05) is 0 Å². The van der Waals surface area contributed by atoms with Gasteiger partial charge in [-0.15, -0.1) is 0 Å². The van der Waals surface area contributed by atoms with E-state index < -0.39 is 15.7 Å². The van der Waals surface area contributed by atoms with Crippen molar-refractivity contribution in [3.8, 4) is 0 Å². The van der Waals surface area contributed by atoms with Crippen LogP contribution in [-0.2, 0) is 21.1 Å². The zero-order valence-electron chi connectivity index (χ0n) is 7.56. The van der Waals surface area contributed by atoms with Gasteiger partial charge in [0.15, 0.2) is 0 Å². The Hall–Kier alpha value is -1.37. The molecule has 1 amide bonds. The first kappa shape index (κ1) is 10.7. The van der Waals surface area contributed by atoms with Crippen molar-refractivity contribution in [1.29, 1.82) is 0 Å². The average Bonchev–Trinajstić information content (AvgIpc) is 2.47. The average molecular weight is 218 g/mol. The van der Waals surface area contributed by atoms with E-state index in [0.29, 0.717) is 5.76 Å². The molecule has 0 aromatic carbocycles. The second-order valence-electron chi connectivity index (χ2n) is 2.83. The molecule has 7 heteroatoms. The smallest absolute Gasteiger partial charge is 0.314 e. The Kier molecular flexibility index (Phi) is 2.90. The van der Waals surface area contributed by atoms with Crippen LogP contribution in [0, 0.1) is 0 Å². The lowest BCUT2D eigenvalue weighted by molar-refractivity contribution is -0.118. The van der Waals surface area contributed by atoms with Crippen molar-refractivity contribution in [3.05, 3.63) is 12.0 Å². The standard InChI is InChI=1S/C7H10N2O4S/c1-14(11,12)7-9-4-5(13-7)2-3-6(8)10/h4H,2-3H2,1H3,(H2,8,10). The number of aryl methyl sites for hydroxylation is 1. The van der Waals surface area contributed by atoms with Crippen LogP contribution < -0.4 is 5.73 Å². The molecule has 0 saturated carbocycles. The fourth-order valence-corrected chi connectivity index (χ4v) is 1.33. The molecule has 0 spiro atoms. The molecule has 0 fully saturated rings. The molecular weight excluding hydrogens is 208 g/mol. The number of hydrogen-bond donors (Lipinski definition) is 1. The Morgan fingerprint density at radius 3 is 2.71 bits per heavy atom. The topological polar surface area (TPSA) is 103 Å². The van der Waals surface area contributed by atoms with Gasteiger partial charge in [0.05, 0.1) is 6.20 Å². The number of nitrogens with two attached hydrogens (primary N) is 1. The number of rotatable bonds is 4. The fraction of sp³-hybridized carbons (Fsp3) is 0.429. The molecule has 2 N–H and O–H groups in total. The highest BCUT2D eigenvalue weighted by Crippen LogP contribution is 2.10. The Morgan fingerprint density at radius 1 is 1.64 bits per heavy atom. The Morgan fingerprint density at radius 2 is 2.29 bits per heavy atom. The molecule has 0 atom stereocenters. The van der Waals surface area contributed by atoms with Crippen LogP contribution >= 0.6 is 0 Å². The molecule has 0 unspecified atom stereocenters. The largest absolute Gasteiger partial charge is 0.433 e. The van der Waals surface area contributed by atoms with E-state index in [4.69, 9.17) is 10.2 Å². The second-order valence-corrected chi connectivity index (χ2v) is 4.72. The predicted octanol–water partition coefficient (Wildman–Crippen LogP) is -0.504. The highest BCUT2D eigenvalue weighted by Gasteiger charge is 2.14. The predicted molar refractivity (Wildman–Crippen MR) is 47.1 cm³/mol. The van der Waals surface area contributed by atoms with E-state index in [1.807, 2.05) is 0 Å². The van der Waals surface area contributed by atoms with Gasteiger partial charge in [0, 0.05) is 19.1 Å². The maximum atomic E-state index is 10.9. The van der Waals surface area contributed by atoms with Crippen LogP contribution in [0.1, 0.15) is 12.2 Å². The van der Waals surface area contributed by atoms with Crippen LogP contribution in [0.25, 0.3) is 0 Å². The molecule has 6 nitrogen and oxygen atoms in total. The molecule has 1 rings (SSSR count). The Balaban J connectivity index is 2.74. The summed E-state index contributed by atoms with van der Waals surface area (Å²) in [6.07, 6.45) is 2.65. The van der Waals surface area contributed by atoms with Crippen molar-refractivity contribution in [2.75, 3.05) is 6.26 Å². The molecule has 78 valence electrons. The molecule has 14 heavy (non-hydrogen) atoms. The number of carbonyl (C=O) groups is 1. The number of carbonyl (C=O) groups excluding carboxylic acids is 1. The van der Waals surface area contributed by atoms with Gasteiger partial charge < -0.3 is 10.2 Å². The van der Waals surface area contributed by atoms with E-state index in [-0.39, 0.29) is 18.1 Å². The van der Waals surface area contributed by atoms with E-state index in [2.05, 4.69) is 4.98 Å². The summed E-state index contributed by atoms with van der Waals surface area (Å²) in [4.78, 5) is 14.0. The van der Waals surface area contributed by atoms with Gasteiger partial charge in [-0.25, -0.2) is 13.4 Å². The van der Waals surface area contributed by atoms with Gasteiger partial charge in [0.1, 0.15) is 5.76 Å². The number of oxazole rings is 1. The summed E-state index contributed by atoms with van der Waals surface area (Å²) in [5, 5.41) is -0.336. The van der Waals surface area contributed by atoms with Gasteiger partial charge in [0.2, 0.25) is 15.7 Å². The third-order valence-corrected chi connectivity index (χ3v) is 2.29. The minimum absolute atomic E-state index is 0.110. The summed E-state index contributed by atoms with van der Waals surface area (Å²) in [5.41, 5.74) is 4.91. The fourth-order valence-electron chi connectivity index (χ4n) is 0.823. The third kappa shape index (κ3) is 2.84. The molecule has 0 radical (unpaired) electrons. The first-order valence-corrected chi connectivity index (χ1v) is 5.72. The van der Waals surface area contributed by atoms with E-state index in [0.717, 1.165) is 6.26 Å². The molecule has 1 heterocycles. The maximum absolute atomic E-state index is 10.9. The molecular formula is C7H10N2O4S. The van der Waals surface area contributed by atoms with Crippen molar-refractivity contribution >= 4 is 15.7 Å². The van der Waals surface area contributed by atoms with Crippen LogP contribution in [-0.4, -0.2) is 25.6 Å². The Labute approximate surface area is 81.0 Å². The summed E-state index contributed by atoms with van der Waals surface area (Å²) >= 11 is 0. The van der Waals surface area contributed by atoms with Crippen molar-refractivity contribution in [2.24, 2.45) is 5.73 Å². The van der Waals surface area contributed by atoms with Crippen LogP contribution in [0.3, 0.4) is 0 Å².